The zero-order chi connectivity index (χ0) is 35.6. The molecule has 5 nitrogen and oxygen atoms in total. The fourth-order valence-electron chi connectivity index (χ4n) is 7.72. The Hall–Kier alpha value is -6.67. The van der Waals surface area contributed by atoms with Crippen LogP contribution in [-0.4, -0.2) is 15.0 Å². The number of anilines is 6. The molecule has 0 bridgehead atoms. The summed E-state index contributed by atoms with van der Waals surface area (Å²) < 4.78 is 3.76. The monoisotopic (exact) mass is 727 g/mol. The second-order valence-corrected chi connectivity index (χ2v) is 15.5. The summed E-state index contributed by atoms with van der Waals surface area (Å²) in [5.74, 6) is 1.74. The van der Waals surface area contributed by atoms with Gasteiger partial charge in [0.15, 0.2) is 0 Å². The molecule has 0 radical (unpaired) electrons. The number of benzene rings is 6. The van der Waals surface area contributed by atoms with Crippen LogP contribution in [0.2, 0.25) is 0 Å². The summed E-state index contributed by atoms with van der Waals surface area (Å²) in [5, 5.41) is 9.73. The van der Waals surface area contributed by atoms with Crippen molar-refractivity contribution in [2.45, 2.75) is 0 Å². The van der Waals surface area contributed by atoms with Gasteiger partial charge < -0.3 is 0 Å². The molecular weight excluding hydrogens is 699 g/mol. The highest BCUT2D eigenvalue weighted by Crippen LogP contribution is 2.43. The number of hydrogen-bond acceptors (Lipinski definition) is 7. The third-order valence-electron chi connectivity index (χ3n) is 10.2. The van der Waals surface area contributed by atoms with Crippen molar-refractivity contribution in [3.63, 3.8) is 0 Å². The summed E-state index contributed by atoms with van der Waals surface area (Å²) >= 11 is 3.56. The van der Waals surface area contributed by atoms with Gasteiger partial charge in [0.1, 0.15) is 16.5 Å². The topological polar surface area (TPSA) is 45.2 Å². The molecule has 0 aliphatic rings. The number of rotatable bonds is 6. The zero-order valence-electron chi connectivity index (χ0n) is 28.8. The van der Waals surface area contributed by atoms with E-state index < -0.39 is 0 Å². The third kappa shape index (κ3) is 5.09. The normalized spacial score (nSPS) is 11.7. The first kappa shape index (κ1) is 30.9. The standard InChI is InChI=1S/C47H29N5S2/c1-2-10-42-38(8-1)39-21-17-34(28-43(39)53-42)51(45-11-3-5-23-48-45)32-15-19-36-30(26-32)13-14-31-27-33(16-20-37(31)36)52(46-12-4-6-24-49-46)35-18-22-40-41-9-7-25-50-47(41)54-44(40)29-35/h1-29H. The van der Waals surface area contributed by atoms with E-state index in [1.54, 1.807) is 11.3 Å². The average Bonchev–Trinajstić information content (AvgIpc) is 3.79. The van der Waals surface area contributed by atoms with Crippen LogP contribution in [0.5, 0.6) is 0 Å². The first-order chi connectivity index (χ1) is 26.7. The number of fused-ring (bicyclic) bond motifs is 9. The highest BCUT2D eigenvalue weighted by molar-refractivity contribution is 7.26. The Morgan fingerprint density at radius 3 is 1.43 bits per heavy atom. The minimum atomic E-state index is 0.865. The molecule has 6 aromatic carbocycles. The smallest absolute Gasteiger partial charge is 0.137 e. The van der Waals surface area contributed by atoms with E-state index in [9.17, 15) is 0 Å². The van der Waals surface area contributed by atoms with E-state index in [0.29, 0.717) is 0 Å². The van der Waals surface area contributed by atoms with E-state index in [-0.39, 0.29) is 0 Å². The van der Waals surface area contributed by atoms with Crippen LogP contribution in [0.1, 0.15) is 0 Å². The van der Waals surface area contributed by atoms with Crippen LogP contribution >= 0.6 is 22.7 Å². The van der Waals surface area contributed by atoms with Gasteiger partial charge in [-0.2, -0.15) is 0 Å². The van der Waals surface area contributed by atoms with Crippen molar-refractivity contribution < 1.29 is 0 Å². The van der Waals surface area contributed by atoms with E-state index in [1.165, 1.54) is 51.8 Å². The van der Waals surface area contributed by atoms with Crippen molar-refractivity contribution in [2.24, 2.45) is 0 Å². The van der Waals surface area contributed by atoms with Crippen molar-refractivity contribution in [2.75, 3.05) is 9.80 Å². The predicted octanol–water partition coefficient (Wildman–Crippen LogP) is 13.9. The highest BCUT2D eigenvalue weighted by Gasteiger charge is 2.19. The first-order valence-electron chi connectivity index (χ1n) is 17.8. The van der Waals surface area contributed by atoms with Gasteiger partial charge >= 0.3 is 0 Å². The van der Waals surface area contributed by atoms with Crippen molar-refractivity contribution in [1.29, 1.82) is 0 Å². The highest BCUT2D eigenvalue weighted by atomic mass is 32.1. The fraction of sp³-hybridized carbons (Fsp3) is 0. The van der Waals surface area contributed by atoms with Crippen LogP contribution in [0, 0.1) is 0 Å². The summed E-state index contributed by atoms with van der Waals surface area (Å²) in [6.07, 6.45) is 5.57. The minimum Gasteiger partial charge on any atom is -0.295 e. The van der Waals surface area contributed by atoms with E-state index in [1.807, 2.05) is 60.3 Å². The molecule has 0 aliphatic carbocycles. The molecule has 0 saturated heterocycles. The Bertz CT molecular complexity index is 2980. The summed E-state index contributed by atoms with van der Waals surface area (Å²) in [5.41, 5.74) is 4.25. The lowest BCUT2D eigenvalue weighted by molar-refractivity contribution is 1.18. The summed E-state index contributed by atoms with van der Waals surface area (Å²) in [6.45, 7) is 0. The molecule has 11 rings (SSSR count). The lowest BCUT2D eigenvalue weighted by Gasteiger charge is -2.25. The number of nitrogens with zero attached hydrogens (tertiary/aromatic N) is 5. The van der Waals surface area contributed by atoms with Gasteiger partial charge in [0, 0.05) is 77.0 Å². The Morgan fingerprint density at radius 2 is 0.815 bits per heavy atom. The van der Waals surface area contributed by atoms with Gasteiger partial charge in [-0.25, -0.2) is 15.0 Å². The van der Waals surface area contributed by atoms with Crippen LogP contribution in [0.4, 0.5) is 34.4 Å². The van der Waals surface area contributed by atoms with Gasteiger partial charge in [-0.3, -0.25) is 9.80 Å². The molecule has 11 aromatic rings. The number of thiophene rings is 2. The van der Waals surface area contributed by atoms with Crippen molar-refractivity contribution in [3.8, 4) is 0 Å². The molecule has 0 saturated carbocycles. The van der Waals surface area contributed by atoms with Crippen molar-refractivity contribution >= 4 is 119 Å². The van der Waals surface area contributed by atoms with Gasteiger partial charge in [0.25, 0.3) is 0 Å². The SMILES string of the molecule is c1ccc(N(c2ccc3c(ccc4cc(N(c5ccc6c(c5)sc5ncccc56)c5ccccn5)ccc43)c2)c2ccc3c(c2)sc2ccccc23)nc1. The Kier molecular flexibility index (Phi) is 7.15. The Balaban J connectivity index is 1.01. The molecule has 0 aliphatic heterocycles. The molecule has 0 amide bonds. The maximum absolute atomic E-state index is 4.81. The minimum absolute atomic E-state index is 0.865. The quantitative estimate of drug-likeness (QED) is 0.160. The molecule has 254 valence electrons. The van der Waals surface area contributed by atoms with Crippen molar-refractivity contribution in [3.05, 3.63) is 176 Å². The van der Waals surface area contributed by atoms with Crippen LogP contribution in [0.25, 0.3) is 62.0 Å². The Labute approximate surface area is 318 Å². The third-order valence-corrected chi connectivity index (χ3v) is 12.4. The molecule has 5 aromatic heterocycles. The molecule has 0 atom stereocenters. The largest absolute Gasteiger partial charge is 0.295 e. The summed E-state index contributed by atoms with van der Waals surface area (Å²) in [6, 6.07) is 56.3. The zero-order valence-corrected chi connectivity index (χ0v) is 30.4. The second kappa shape index (κ2) is 12.5. The van der Waals surface area contributed by atoms with Crippen LogP contribution in [0.15, 0.2) is 176 Å². The van der Waals surface area contributed by atoms with Crippen LogP contribution in [0.3, 0.4) is 0 Å². The molecular formula is C47H29N5S2. The predicted molar refractivity (Wildman–Crippen MR) is 230 cm³/mol. The molecule has 0 spiro atoms. The number of pyridine rings is 3. The lowest BCUT2D eigenvalue weighted by Crippen LogP contribution is -2.11. The van der Waals surface area contributed by atoms with E-state index in [2.05, 4.69) is 142 Å². The maximum atomic E-state index is 4.81. The van der Waals surface area contributed by atoms with Gasteiger partial charge in [0.2, 0.25) is 0 Å². The van der Waals surface area contributed by atoms with Gasteiger partial charge in [0.05, 0.1) is 0 Å². The molecule has 7 heteroatoms. The first-order valence-corrected chi connectivity index (χ1v) is 19.5. The van der Waals surface area contributed by atoms with E-state index in [0.717, 1.165) is 44.6 Å². The van der Waals surface area contributed by atoms with Gasteiger partial charge in [-0.15, -0.1) is 22.7 Å². The van der Waals surface area contributed by atoms with Crippen molar-refractivity contribution in [1.82, 2.24) is 15.0 Å². The number of hydrogen-bond donors (Lipinski definition) is 0. The Morgan fingerprint density at radius 1 is 0.333 bits per heavy atom. The van der Waals surface area contributed by atoms with Crippen LogP contribution < -0.4 is 9.80 Å². The maximum Gasteiger partial charge on any atom is 0.137 e. The second-order valence-electron chi connectivity index (χ2n) is 13.3. The summed E-state index contributed by atoms with van der Waals surface area (Å²) in [4.78, 5) is 19.8. The van der Waals surface area contributed by atoms with E-state index >= 15 is 0 Å². The van der Waals surface area contributed by atoms with E-state index in [4.69, 9.17) is 9.97 Å². The fourth-order valence-corrected chi connectivity index (χ4v) is 9.93. The average molecular weight is 728 g/mol. The molecule has 5 heterocycles. The molecule has 0 N–H and O–H groups in total. The molecule has 0 unspecified atom stereocenters. The van der Waals surface area contributed by atoms with Crippen LogP contribution in [-0.2, 0) is 0 Å². The molecule has 0 fully saturated rings. The lowest BCUT2D eigenvalue weighted by atomic mass is 10.00. The van der Waals surface area contributed by atoms with Gasteiger partial charge in [-0.1, -0.05) is 66.7 Å². The molecule has 54 heavy (non-hydrogen) atoms. The van der Waals surface area contributed by atoms with Gasteiger partial charge in [-0.05, 0) is 113 Å². The summed E-state index contributed by atoms with van der Waals surface area (Å²) in [7, 11) is 0. The number of aromatic nitrogens is 3.